The topological polar surface area (TPSA) is 50.5 Å². The third-order valence-corrected chi connectivity index (χ3v) is 6.56. The predicted molar refractivity (Wildman–Crippen MR) is 110 cm³/mol. The van der Waals surface area contributed by atoms with Crippen LogP contribution in [0.25, 0.3) is 16.6 Å². The number of aromatic nitrogens is 3. The summed E-state index contributed by atoms with van der Waals surface area (Å²) in [7, 11) is 0. The molecule has 1 aliphatic heterocycles. The zero-order valence-electron chi connectivity index (χ0n) is 16.5. The minimum absolute atomic E-state index is 0.202. The third kappa shape index (κ3) is 3.31. The van der Waals surface area contributed by atoms with Gasteiger partial charge in [0.1, 0.15) is 0 Å². The van der Waals surface area contributed by atoms with Crippen molar-refractivity contribution in [1.82, 2.24) is 19.5 Å². The molecule has 1 aliphatic rings. The summed E-state index contributed by atoms with van der Waals surface area (Å²) in [4.78, 5) is 14.7. The van der Waals surface area contributed by atoms with E-state index in [4.69, 9.17) is 0 Å². The number of rotatable bonds is 3. The van der Waals surface area contributed by atoms with Crippen LogP contribution in [0.4, 0.5) is 0 Å². The van der Waals surface area contributed by atoms with Crippen molar-refractivity contribution in [3.05, 3.63) is 34.9 Å². The molecule has 142 valence electrons. The zero-order chi connectivity index (χ0) is 19.1. The van der Waals surface area contributed by atoms with E-state index in [-0.39, 0.29) is 5.91 Å². The lowest BCUT2D eigenvalue weighted by Crippen LogP contribution is -2.40. The molecule has 2 aromatic heterocycles. The van der Waals surface area contributed by atoms with Crippen molar-refractivity contribution in [2.45, 2.75) is 45.7 Å². The Balaban J connectivity index is 1.68. The van der Waals surface area contributed by atoms with Gasteiger partial charge in [0.25, 0.3) is 0 Å². The fourth-order valence-electron chi connectivity index (χ4n) is 3.99. The van der Waals surface area contributed by atoms with Crippen LogP contribution in [0, 0.1) is 26.7 Å². The van der Waals surface area contributed by atoms with Crippen LogP contribution in [0.2, 0.25) is 0 Å². The van der Waals surface area contributed by atoms with Crippen molar-refractivity contribution in [3.8, 4) is 0 Å². The third-order valence-electron chi connectivity index (χ3n) is 5.65. The second-order valence-corrected chi connectivity index (χ2v) is 8.73. The zero-order valence-corrected chi connectivity index (χ0v) is 17.3. The molecular formula is C21H26N4OS. The number of benzene rings is 1. The molecule has 6 heteroatoms. The number of nitrogens with zero attached hydrogens (tertiary/aromatic N) is 4. The van der Waals surface area contributed by atoms with Crippen LogP contribution in [0.15, 0.2) is 23.4 Å². The Kier molecular flexibility index (Phi) is 4.84. The van der Waals surface area contributed by atoms with Gasteiger partial charge < -0.3 is 4.90 Å². The fourth-order valence-corrected chi connectivity index (χ4v) is 4.83. The normalized spacial score (nSPS) is 17.8. The van der Waals surface area contributed by atoms with Crippen LogP contribution < -0.4 is 0 Å². The van der Waals surface area contributed by atoms with E-state index in [1.165, 1.54) is 34.7 Å². The lowest BCUT2D eigenvalue weighted by Gasteiger charge is -2.30. The van der Waals surface area contributed by atoms with E-state index in [0.29, 0.717) is 11.7 Å². The monoisotopic (exact) mass is 382 g/mol. The highest BCUT2D eigenvalue weighted by Gasteiger charge is 2.22. The fraction of sp³-hybridized carbons (Fsp3) is 0.476. The van der Waals surface area contributed by atoms with E-state index >= 15 is 0 Å². The molecule has 1 atom stereocenters. The van der Waals surface area contributed by atoms with Gasteiger partial charge in [-0.15, -0.1) is 10.2 Å². The summed E-state index contributed by atoms with van der Waals surface area (Å²) in [5.41, 5.74) is 5.59. The van der Waals surface area contributed by atoms with Gasteiger partial charge in [0.15, 0.2) is 10.8 Å². The molecule has 4 rings (SSSR count). The minimum Gasteiger partial charge on any atom is -0.342 e. The Morgan fingerprint density at radius 1 is 1.22 bits per heavy atom. The highest BCUT2D eigenvalue weighted by atomic mass is 32.2. The first-order valence-electron chi connectivity index (χ1n) is 9.61. The van der Waals surface area contributed by atoms with Crippen LogP contribution >= 0.6 is 11.8 Å². The maximum atomic E-state index is 12.7. The van der Waals surface area contributed by atoms with Crippen molar-refractivity contribution in [3.63, 3.8) is 0 Å². The number of hydrogen-bond donors (Lipinski definition) is 0. The number of hydrogen-bond acceptors (Lipinski definition) is 4. The molecule has 5 nitrogen and oxygen atoms in total. The summed E-state index contributed by atoms with van der Waals surface area (Å²) in [5.74, 6) is 1.21. The summed E-state index contributed by atoms with van der Waals surface area (Å²) < 4.78 is 2.13. The van der Waals surface area contributed by atoms with E-state index in [0.717, 1.165) is 41.4 Å². The first-order valence-corrected chi connectivity index (χ1v) is 10.6. The lowest BCUT2D eigenvalue weighted by molar-refractivity contribution is -0.130. The molecule has 1 fully saturated rings. The number of amides is 1. The molecule has 27 heavy (non-hydrogen) atoms. The largest absolute Gasteiger partial charge is 0.342 e. The number of fused-ring (bicyclic) bond motifs is 3. The first-order chi connectivity index (χ1) is 13.0. The number of aryl methyl sites for hydroxylation is 3. The number of carbonyl (C=O) groups excluding carboxylic acids is 1. The van der Waals surface area contributed by atoms with Crippen molar-refractivity contribution < 1.29 is 4.79 Å². The number of piperidine rings is 1. The summed E-state index contributed by atoms with van der Waals surface area (Å²) in [6.07, 6.45) is 2.32. The van der Waals surface area contributed by atoms with Gasteiger partial charge in [0, 0.05) is 13.1 Å². The van der Waals surface area contributed by atoms with Crippen LogP contribution in [0.3, 0.4) is 0 Å². The Hall–Kier alpha value is -2.08. The predicted octanol–water partition coefficient (Wildman–Crippen LogP) is 4.16. The van der Waals surface area contributed by atoms with Crippen molar-refractivity contribution in [1.29, 1.82) is 0 Å². The maximum absolute atomic E-state index is 12.7. The van der Waals surface area contributed by atoms with Crippen molar-refractivity contribution in [2.75, 3.05) is 18.8 Å². The number of carbonyl (C=O) groups is 1. The second-order valence-electron chi connectivity index (χ2n) is 7.79. The average Bonchev–Trinajstić information content (AvgIpc) is 3.07. The standard InChI is InChI=1S/C21H26N4OS/c1-13-6-5-9-24(11-13)18(26)12-27-21-23-22-20-15(3)10-17-8-7-14(2)16(4)19(17)25(20)21/h7-8,10,13H,5-6,9,11-12H2,1-4H3. The van der Waals surface area contributed by atoms with E-state index in [9.17, 15) is 4.79 Å². The van der Waals surface area contributed by atoms with E-state index in [2.05, 4.69) is 60.5 Å². The summed E-state index contributed by atoms with van der Waals surface area (Å²) >= 11 is 1.50. The van der Waals surface area contributed by atoms with Gasteiger partial charge in [-0.05, 0) is 67.7 Å². The molecule has 0 spiro atoms. The molecule has 1 saturated heterocycles. The molecule has 0 radical (unpaired) electrons. The Bertz CT molecular complexity index is 1030. The molecule has 3 aromatic rings. The smallest absolute Gasteiger partial charge is 0.233 e. The van der Waals surface area contributed by atoms with Crippen LogP contribution in [0.1, 0.15) is 36.5 Å². The highest BCUT2D eigenvalue weighted by molar-refractivity contribution is 7.99. The van der Waals surface area contributed by atoms with Crippen molar-refractivity contribution >= 4 is 34.2 Å². The van der Waals surface area contributed by atoms with Gasteiger partial charge in [0.05, 0.1) is 11.3 Å². The molecule has 3 heterocycles. The molecule has 0 N–H and O–H groups in total. The molecule has 1 amide bonds. The first kappa shape index (κ1) is 18.3. The Morgan fingerprint density at radius 2 is 2.04 bits per heavy atom. The average molecular weight is 383 g/mol. The molecule has 0 saturated carbocycles. The van der Waals surface area contributed by atoms with Gasteiger partial charge in [-0.1, -0.05) is 30.8 Å². The van der Waals surface area contributed by atoms with Crippen molar-refractivity contribution in [2.24, 2.45) is 5.92 Å². The number of likely N-dealkylation sites (tertiary alicyclic amines) is 1. The van der Waals surface area contributed by atoms with Gasteiger partial charge in [0.2, 0.25) is 5.91 Å². The van der Waals surface area contributed by atoms with Gasteiger partial charge in [-0.25, -0.2) is 0 Å². The maximum Gasteiger partial charge on any atom is 0.233 e. The Labute approximate surface area is 164 Å². The summed E-state index contributed by atoms with van der Waals surface area (Å²) in [6, 6.07) is 6.47. The van der Waals surface area contributed by atoms with E-state index in [1.54, 1.807) is 0 Å². The molecule has 0 bridgehead atoms. The molecule has 1 unspecified atom stereocenters. The molecule has 1 aromatic carbocycles. The van der Waals surface area contributed by atoms with E-state index < -0.39 is 0 Å². The SMILES string of the molecule is Cc1ccc2cc(C)c3nnc(SCC(=O)N4CCCC(C)C4)n3c2c1C. The Morgan fingerprint density at radius 3 is 2.81 bits per heavy atom. The van der Waals surface area contributed by atoms with Crippen LogP contribution in [-0.2, 0) is 4.79 Å². The lowest BCUT2D eigenvalue weighted by atomic mass is 10.0. The number of thioether (sulfide) groups is 1. The van der Waals surface area contributed by atoms with Crippen LogP contribution in [-0.4, -0.2) is 44.2 Å². The van der Waals surface area contributed by atoms with Gasteiger partial charge in [-0.2, -0.15) is 0 Å². The quantitative estimate of drug-likeness (QED) is 0.638. The molecular weight excluding hydrogens is 356 g/mol. The van der Waals surface area contributed by atoms with E-state index in [1.807, 2.05) is 4.90 Å². The second kappa shape index (κ2) is 7.15. The van der Waals surface area contributed by atoms with Crippen LogP contribution in [0.5, 0.6) is 0 Å². The summed E-state index contributed by atoms with van der Waals surface area (Å²) in [5, 5.41) is 10.8. The van der Waals surface area contributed by atoms with Gasteiger partial charge in [-0.3, -0.25) is 9.20 Å². The molecule has 0 aliphatic carbocycles. The number of pyridine rings is 1. The van der Waals surface area contributed by atoms with Gasteiger partial charge >= 0.3 is 0 Å². The highest BCUT2D eigenvalue weighted by Crippen LogP contribution is 2.29. The minimum atomic E-state index is 0.202. The summed E-state index contributed by atoms with van der Waals surface area (Å²) in [6.45, 7) is 10.3.